The molecule has 13 aromatic rings. The monoisotopic (exact) mass is 834 g/mol. The zero-order valence-corrected chi connectivity index (χ0v) is 36.0. The van der Waals surface area contributed by atoms with E-state index in [0.717, 1.165) is 82.5 Å². The Kier molecular flexibility index (Phi) is 9.27. The van der Waals surface area contributed by atoms with Gasteiger partial charge in [0.15, 0.2) is 11.6 Å². The van der Waals surface area contributed by atoms with Gasteiger partial charge in [0.1, 0.15) is 11.2 Å². The van der Waals surface area contributed by atoms with Crippen molar-refractivity contribution in [2.75, 3.05) is 0 Å². The van der Waals surface area contributed by atoms with Crippen molar-refractivity contribution in [2.24, 2.45) is 0 Å². The van der Waals surface area contributed by atoms with Crippen molar-refractivity contribution in [3.8, 4) is 51.0 Å². The van der Waals surface area contributed by atoms with Crippen molar-refractivity contribution < 1.29 is 4.42 Å². The second-order valence-electron chi connectivity index (χ2n) is 16.6. The summed E-state index contributed by atoms with van der Waals surface area (Å²) >= 11 is 0. The quantitative estimate of drug-likeness (QED) is 0.162. The number of nitrogens with zero attached hydrogens (tertiary/aromatic N) is 4. The summed E-state index contributed by atoms with van der Waals surface area (Å²) in [4.78, 5) is 16.0. The topological polar surface area (TPSA) is 56.7 Å². The lowest BCUT2D eigenvalue weighted by Gasteiger charge is -2.14. The van der Waals surface area contributed by atoms with Gasteiger partial charge < -0.3 is 4.42 Å². The minimum atomic E-state index is 0.551. The molecule has 5 heteroatoms. The van der Waals surface area contributed by atoms with Crippen LogP contribution in [0.3, 0.4) is 0 Å². The predicted molar refractivity (Wildman–Crippen MR) is 272 cm³/mol. The van der Waals surface area contributed by atoms with Crippen LogP contribution >= 0.6 is 0 Å². The van der Waals surface area contributed by atoms with Crippen LogP contribution in [-0.4, -0.2) is 19.5 Å². The fourth-order valence-corrected chi connectivity index (χ4v) is 9.63. The molecule has 10 aromatic carbocycles. The third-order valence-corrected chi connectivity index (χ3v) is 12.4. The largest absolute Gasteiger partial charge is 0.456 e. The zero-order valence-electron chi connectivity index (χ0n) is 36.0. The van der Waals surface area contributed by atoms with Crippen molar-refractivity contribution >= 4 is 76.1 Å². The van der Waals surface area contributed by atoms with Gasteiger partial charge in [-0.15, -0.1) is 0 Å². The number of benzene rings is 10. The van der Waals surface area contributed by atoms with E-state index in [1.54, 1.807) is 0 Å². The SMILES string of the molecule is CCC.c1ccc(-c2ccc(-c3nc(-c4ccccc4)nc(-n4c5c(-c6ccc7oc8ccc9ccccc9c8c7c6)cccc5c5c6ccccc6c6ccccc6c54)n3)cc2)cc1. The van der Waals surface area contributed by atoms with Crippen LogP contribution in [0.4, 0.5) is 0 Å². The molecule has 3 heterocycles. The Bertz CT molecular complexity index is 3930. The summed E-state index contributed by atoms with van der Waals surface area (Å²) in [5.41, 5.74) is 10.1. The van der Waals surface area contributed by atoms with Gasteiger partial charge in [0.05, 0.1) is 11.0 Å². The van der Waals surface area contributed by atoms with Crippen molar-refractivity contribution in [3.63, 3.8) is 0 Å². The van der Waals surface area contributed by atoms with Crippen molar-refractivity contribution in [3.05, 3.63) is 206 Å². The molecule has 0 aliphatic rings. The van der Waals surface area contributed by atoms with Crippen molar-refractivity contribution in [1.82, 2.24) is 19.5 Å². The summed E-state index contributed by atoms with van der Waals surface area (Å²) in [6.07, 6.45) is 1.25. The van der Waals surface area contributed by atoms with Crippen LogP contribution < -0.4 is 0 Å². The van der Waals surface area contributed by atoms with Crippen LogP contribution in [0.5, 0.6) is 0 Å². The first-order valence-corrected chi connectivity index (χ1v) is 22.4. The summed E-state index contributed by atoms with van der Waals surface area (Å²) in [7, 11) is 0. The van der Waals surface area contributed by atoms with Crippen LogP contribution in [0.2, 0.25) is 0 Å². The lowest BCUT2D eigenvalue weighted by Crippen LogP contribution is -2.07. The summed E-state index contributed by atoms with van der Waals surface area (Å²) < 4.78 is 8.79. The minimum Gasteiger partial charge on any atom is -0.456 e. The molecule has 0 radical (unpaired) electrons. The van der Waals surface area contributed by atoms with Crippen molar-refractivity contribution in [1.29, 1.82) is 0 Å². The third kappa shape index (κ3) is 6.35. The Morgan fingerprint density at radius 2 is 0.892 bits per heavy atom. The summed E-state index contributed by atoms with van der Waals surface area (Å²) in [6, 6.07) is 72.7. The summed E-state index contributed by atoms with van der Waals surface area (Å²) in [6.45, 7) is 4.25. The van der Waals surface area contributed by atoms with Gasteiger partial charge >= 0.3 is 0 Å². The van der Waals surface area contributed by atoms with E-state index in [9.17, 15) is 0 Å². The van der Waals surface area contributed by atoms with E-state index >= 15 is 0 Å². The van der Waals surface area contributed by atoms with Crippen LogP contribution in [0.1, 0.15) is 20.3 Å². The first-order chi connectivity index (χ1) is 32.2. The normalized spacial score (nSPS) is 11.6. The number of hydrogen-bond donors (Lipinski definition) is 0. The second kappa shape index (κ2) is 15.7. The Morgan fingerprint density at radius 3 is 1.62 bits per heavy atom. The molecular weight excluding hydrogens is 793 g/mol. The van der Waals surface area contributed by atoms with E-state index in [0.29, 0.717) is 17.6 Å². The first kappa shape index (κ1) is 38.3. The van der Waals surface area contributed by atoms with E-state index in [2.05, 4.69) is 200 Å². The molecule has 0 saturated carbocycles. The van der Waals surface area contributed by atoms with E-state index in [1.807, 2.05) is 24.3 Å². The molecule has 0 N–H and O–H groups in total. The molecule has 308 valence electrons. The number of rotatable bonds is 5. The van der Waals surface area contributed by atoms with E-state index in [-0.39, 0.29) is 0 Å². The van der Waals surface area contributed by atoms with Crippen molar-refractivity contribution in [2.45, 2.75) is 20.3 Å². The molecule has 0 fully saturated rings. The maximum Gasteiger partial charge on any atom is 0.238 e. The predicted octanol–water partition coefficient (Wildman–Crippen LogP) is 16.4. The highest BCUT2D eigenvalue weighted by Crippen LogP contribution is 2.46. The van der Waals surface area contributed by atoms with Crippen LogP contribution in [0.25, 0.3) is 127 Å². The first-order valence-electron chi connectivity index (χ1n) is 22.4. The molecular formula is C60H42N4O. The van der Waals surface area contributed by atoms with E-state index in [1.165, 1.54) is 33.4 Å². The molecule has 0 atom stereocenters. The molecule has 0 spiro atoms. The Morgan fingerprint density at radius 1 is 0.369 bits per heavy atom. The average molecular weight is 835 g/mol. The average Bonchev–Trinajstić information content (AvgIpc) is 3.94. The minimum absolute atomic E-state index is 0.551. The summed E-state index contributed by atoms with van der Waals surface area (Å²) in [5.74, 6) is 1.76. The molecule has 0 unspecified atom stereocenters. The number of hydrogen-bond acceptors (Lipinski definition) is 4. The van der Waals surface area contributed by atoms with Gasteiger partial charge in [-0.3, -0.25) is 4.57 Å². The fraction of sp³-hybridized carbons (Fsp3) is 0.0500. The standard InChI is InChI=1S/C57H34N4O.C3H8/c1-3-14-35(15-4-1)36-26-28-39(29-27-36)56-58-55(38-17-5-2-6-18-38)59-57(60-56)61-53-42(40-31-32-49-48(34-40)51-41-19-8-7-16-37(41)30-33-50(51)62-49)24-13-25-47(53)52-45-22-11-9-20-43(45)44-21-10-12-23-46(44)54(52)61;1-3-2/h1-34H;3H2,1-2H3. The lowest BCUT2D eigenvalue weighted by molar-refractivity contribution is 0.669. The van der Waals surface area contributed by atoms with Gasteiger partial charge in [-0.2, -0.15) is 9.97 Å². The highest BCUT2D eigenvalue weighted by molar-refractivity contribution is 6.33. The number of aromatic nitrogens is 4. The molecule has 0 saturated heterocycles. The molecule has 3 aromatic heterocycles. The maximum atomic E-state index is 6.49. The number of furan rings is 1. The van der Waals surface area contributed by atoms with Gasteiger partial charge in [-0.05, 0) is 61.8 Å². The van der Waals surface area contributed by atoms with Crippen LogP contribution in [-0.2, 0) is 0 Å². The summed E-state index contributed by atoms with van der Waals surface area (Å²) in [5, 5.41) is 11.5. The molecule has 0 amide bonds. The third-order valence-electron chi connectivity index (χ3n) is 12.4. The second-order valence-corrected chi connectivity index (χ2v) is 16.6. The molecule has 0 aliphatic heterocycles. The van der Waals surface area contributed by atoms with Gasteiger partial charge in [-0.1, -0.05) is 208 Å². The van der Waals surface area contributed by atoms with Gasteiger partial charge in [0.25, 0.3) is 0 Å². The highest BCUT2D eigenvalue weighted by Gasteiger charge is 2.25. The molecule has 65 heavy (non-hydrogen) atoms. The zero-order chi connectivity index (χ0) is 43.4. The highest BCUT2D eigenvalue weighted by atomic mass is 16.3. The van der Waals surface area contributed by atoms with Crippen LogP contribution in [0, 0.1) is 0 Å². The van der Waals surface area contributed by atoms with Gasteiger partial charge in [0, 0.05) is 43.6 Å². The molecule has 5 nitrogen and oxygen atoms in total. The Labute approximate surface area is 375 Å². The van der Waals surface area contributed by atoms with E-state index < -0.39 is 0 Å². The van der Waals surface area contributed by atoms with Crippen LogP contribution in [0.15, 0.2) is 211 Å². The van der Waals surface area contributed by atoms with Gasteiger partial charge in [-0.25, -0.2) is 4.98 Å². The fourth-order valence-electron chi connectivity index (χ4n) is 9.63. The molecule has 0 bridgehead atoms. The Hall–Kier alpha value is -8.41. The smallest absolute Gasteiger partial charge is 0.238 e. The maximum absolute atomic E-state index is 6.49. The molecule has 13 rings (SSSR count). The molecule has 0 aliphatic carbocycles. The number of fused-ring (bicyclic) bond motifs is 13. The number of para-hydroxylation sites is 1. The Balaban J connectivity index is 0.00000144. The van der Waals surface area contributed by atoms with E-state index in [4.69, 9.17) is 19.4 Å². The van der Waals surface area contributed by atoms with Gasteiger partial charge in [0.2, 0.25) is 5.95 Å². The lowest BCUT2D eigenvalue weighted by atomic mass is 9.95.